The van der Waals surface area contributed by atoms with Crippen LogP contribution in [0, 0.1) is 0 Å². The lowest BCUT2D eigenvalue weighted by molar-refractivity contribution is -0.135. The zero-order valence-electron chi connectivity index (χ0n) is 19.0. The number of hydrogen-bond acceptors (Lipinski definition) is 3. The van der Waals surface area contributed by atoms with Gasteiger partial charge < -0.3 is 14.8 Å². The second-order valence-electron chi connectivity index (χ2n) is 8.77. The number of carbonyl (C=O) groups is 2. The molecule has 6 heteroatoms. The van der Waals surface area contributed by atoms with Gasteiger partial charge in [-0.05, 0) is 37.5 Å². The molecule has 32 heavy (non-hydrogen) atoms. The molecule has 3 aromatic rings. The molecule has 1 aliphatic carbocycles. The number of nitrogens with one attached hydrogen (secondary N) is 1. The fraction of sp³-hybridized carbons (Fsp3) is 0.423. The van der Waals surface area contributed by atoms with Crippen molar-refractivity contribution in [3.63, 3.8) is 0 Å². The number of para-hydroxylation sites is 2. The van der Waals surface area contributed by atoms with E-state index >= 15 is 0 Å². The van der Waals surface area contributed by atoms with Crippen LogP contribution in [0.3, 0.4) is 0 Å². The zero-order valence-corrected chi connectivity index (χ0v) is 19.0. The molecular formula is C26H32N4O2. The first-order chi connectivity index (χ1) is 15.5. The lowest BCUT2D eigenvalue weighted by Gasteiger charge is -2.35. The second kappa shape index (κ2) is 9.98. The SMILES string of the molecule is CC(=O)NC(C)c1nc2ccccc2n1CC(=O)N(Cc1ccccc1)C1CCCCC1. The van der Waals surface area contributed by atoms with E-state index in [1.54, 1.807) is 0 Å². The van der Waals surface area contributed by atoms with E-state index in [4.69, 9.17) is 4.98 Å². The first-order valence-electron chi connectivity index (χ1n) is 11.6. The predicted octanol–water partition coefficient (Wildman–Crippen LogP) is 4.59. The Labute approximate surface area is 189 Å². The van der Waals surface area contributed by atoms with Crippen LogP contribution >= 0.6 is 0 Å². The van der Waals surface area contributed by atoms with Gasteiger partial charge in [-0.15, -0.1) is 0 Å². The van der Waals surface area contributed by atoms with Crippen molar-refractivity contribution >= 4 is 22.8 Å². The maximum Gasteiger partial charge on any atom is 0.243 e. The summed E-state index contributed by atoms with van der Waals surface area (Å²) in [4.78, 5) is 32.2. The summed E-state index contributed by atoms with van der Waals surface area (Å²) in [5.41, 5.74) is 2.89. The maximum absolute atomic E-state index is 13.7. The third-order valence-electron chi connectivity index (χ3n) is 6.32. The van der Waals surface area contributed by atoms with E-state index in [1.165, 1.54) is 26.2 Å². The third-order valence-corrected chi connectivity index (χ3v) is 6.32. The van der Waals surface area contributed by atoms with Gasteiger partial charge in [-0.3, -0.25) is 9.59 Å². The van der Waals surface area contributed by atoms with Crippen LogP contribution in [0.25, 0.3) is 11.0 Å². The first-order valence-corrected chi connectivity index (χ1v) is 11.6. The Morgan fingerprint density at radius 1 is 1.06 bits per heavy atom. The minimum Gasteiger partial charge on any atom is -0.347 e. The molecule has 168 valence electrons. The smallest absolute Gasteiger partial charge is 0.243 e. The Kier molecular flexibility index (Phi) is 6.88. The standard InChI is InChI=1S/C26H32N4O2/c1-19(27-20(2)31)26-28-23-15-9-10-16-24(23)30(26)18-25(32)29(22-13-7-4-8-14-22)17-21-11-5-3-6-12-21/h3,5-6,9-12,15-16,19,22H,4,7-8,13-14,17-18H2,1-2H3,(H,27,31). The van der Waals surface area contributed by atoms with Gasteiger partial charge in [0.25, 0.3) is 0 Å². The van der Waals surface area contributed by atoms with Gasteiger partial charge in [0.15, 0.2) is 0 Å². The normalized spacial score (nSPS) is 15.4. The van der Waals surface area contributed by atoms with E-state index in [9.17, 15) is 9.59 Å². The lowest BCUT2D eigenvalue weighted by Crippen LogP contribution is -2.43. The van der Waals surface area contributed by atoms with Crippen molar-refractivity contribution in [3.8, 4) is 0 Å². The van der Waals surface area contributed by atoms with Gasteiger partial charge in [0.2, 0.25) is 11.8 Å². The van der Waals surface area contributed by atoms with Crippen LogP contribution in [0.1, 0.15) is 63.4 Å². The molecule has 1 fully saturated rings. The highest BCUT2D eigenvalue weighted by Crippen LogP contribution is 2.26. The monoisotopic (exact) mass is 432 g/mol. The van der Waals surface area contributed by atoms with Crippen LogP contribution in [-0.2, 0) is 22.7 Å². The largest absolute Gasteiger partial charge is 0.347 e. The predicted molar refractivity (Wildman–Crippen MR) is 126 cm³/mol. The molecule has 0 radical (unpaired) electrons. The van der Waals surface area contributed by atoms with E-state index in [1.807, 2.05) is 54.0 Å². The quantitative estimate of drug-likeness (QED) is 0.594. The van der Waals surface area contributed by atoms with E-state index in [0.717, 1.165) is 29.4 Å². The average Bonchev–Trinajstić information content (AvgIpc) is 3.17. The molecule has 1 atom stereocenters. The van der Waals surface area contributed by atoms with Gasteiger partial charge in [-0.2, -0.15) is 0 Å². The summed E-state index contributed by atoms with van der Waals surface area (Å²) >= 11 is 0. The molecule has 0 spiro atoms. The minimum absolute atomic E-state index is 0.0974. The van der Waals surface area contributed by atoms with Crippen molar-refractivity contribution in [2.24, 2.45) is 0 Å². The minimum atomic E-state index is -0.287. The molecule has 1 aromatic heterocycles. The molecule has 0 aliphatic heterocycles. The Morgan fingerprint density at radius 2 is 1.75 bits per heavy atom. The van der Waals surface area contributed by atoms with Crippen molar-refractivity contribution in [1.29, 1.82) is 0 Å². The summed E-state index contributed by atoms with van der Waals surface area (Å²) in [5, 5.41) is 2.92. The average molecular weight is 433 g/mol. The molecular weight excluding hydrogens is 400 g/mol. The van der Waals surface area contributed by atoms with Crippen molar-refractivity contribution in [1.82, 2.24) is 19.8 Å². The highest BCUT2D eigenvalue weighted by Gasteiger charge is 2.27. The van der Waals surface area contributed by atoms with Crippen LogP contribution in [-0.4, -0.2) is 32.3 Å². The van der Waals surface area contributed by atoms with Gasteiger partial charge in [0.1, 0.15) is 12.4 Å². The Balaban J connectivity index is 1.65. The number of benzene rings is 2. The van der Waals surface area contributed by atoms with Crippen LogP contribution in [0.5, 0.6) is 0 Å². The molecule has 2 aromatic carbocycles. The van der Waals surface area contributed by atoms with E-state index in [0.29, 0.717) is 12.4 Å². The molecule has 1 saturated carbocycles. The molecule has 1 unspecified atom stereocenters. The number of hydrogen-bond donors (Lipinski definition) is 1. The number of aromatic nitrogens is 2. The van der Waals surface area contributed by atoms with Crippen molar-refractivity contribution < 1.29 is 9.59 Å². The molecule has 1 aliphatic rings. The number of imidazole rings is 1. The number of carbonyl (C=O) groups excluding carboxylic acids is 2. The van der Waals surface area contributed by atoms with Crippen LogP contribution in [0.2, 0.25) is 0 Å². The zero-order chi connectivity index (χ0) is 22.5. The maximum atomic E-state index is 13.7. The van der Waals surface area contributed by atoms with Gasteiger partial charge in [-0.25, -0.2) is 4.98 Å². The van der Waals surface area contributed by atoms with E-state index in [-0.39, 0.29) is 30.4 Å². The van der Waals surface area contributed by atoms with E-state index < -0.39 is 0 Å². The fourth-order valence-corrected chi connectivity index (χ4v) is 4.78. The van der Waals surface area contributed by atoms with Gasteiger partial charge in [0, 0.05) is 19.5 Å². The van der Waals surface area contributed by atoms with Crippen LogP contribution < -0.4 is 5.32 Å². The van der Waals surface area contributed by atoms with Crippen LogP contribution in [0.4, 0.5) is 0 Å². The third kappa shape index (κ3) is 5.01. The summed E-state index contributed by atoms with van der Waals surface area (Å²) in [7, 11) is 0. The summed E-state index contributed by atoms with van der Waals surface area (Å²) in [6.07, 6.45) is 5.69. The van der Waals surface area contributed by atoms with Crippen molar-refractivity contribution in [2.45, 2.75) is 71.1 Å². The van der Waals surface area contributed by atoms with Gasteiger partial charge in [-0.1, -0.05) is 61.7 Å². The first kappa shape index (κ1) is 22.1. The van der Waals surface area contributed by atoms with Crippen molar-refractivity contribution in [3.05, 3.63) is 66.0 Å². The van der Waals surface area contributed by atoms with E-state index in [2.05, 4.69) is 22.3 Å². The highest BCUT2D eigenvalue weighted by atomic mass is 16.2. The summed E-state index contributed by atoms with van der Waals surface area (Å²) in [5.74, 6) is 0.688. The molecule has 4 rings (SSSR count). The molecule has 1 N–H and O–H groups in total. The number of fused-ring (bicyclic) bond motifs is 1. The molecule has 6 nitrogen and oxygen atoms in total. The Morgan fingerprint density at radius 3 is 2.47 bits per heavy atom. The molecule has 2 amide bonds. The van der Waals surface area contributed by atoms with Crippen LogP contribution in [0.15, 0.2) is 54.6 Å². The van der Waals surface area contributed by atoms with Gasteiger partial charge in [0.05, 0.1) is 17.1 Å². The number of nitrogens with zero attached hydrogens (tertiary/aromatic N) is 3. The fourth-order valence-electron chi connectivity index (χ4n) is 4.78. The lowest BCUT2D eigenvalue weighted by atomic mass is 9.93. The second-order valence-corrected chi connectivity index (χ2v) is 8.77. The Hall–Kier alpha value is -3.15. The summed E-state index contributed by atoms with van der Waals surface area (Å²) in [6, 6.07) is 18.0. The van der Waals surface area contributed by atoms with Gasteiger partial charge >= 0.3 is 0 Å². The Bertz CT molecular complexity index is 1070. The highest BCUT2D eigenvalue weighted by molar-refractivity contribution is 5.82. The number of amides is 2. The molecule has 0 saturated heterocycles. The summed E-state index contributed by atoms with van der Waals surface area (Å²) in [6.45, 7) is 4.24. The summed E-state index contributed by atoms with van der Waals surface area (Å²) < 4.78 is 1.97. The van der Waals surface area contributed by atoms with Crippen molar-refractivity contribution in [2.75, 3.05) is 0 Å². The topological polar surface area (TPSA) is 67.2 Å². The molecule has 0 bridgehead atoms. The number of rotatable bonds is 7. The molecule has 1 heterocycles.